The first-order valence-corrected chi connectivity index (χ1v) is 12.5. The number of nitrogens with one attached hydrogen (secondary N) is 2. The Hall–Kier alpha value is -3.46. The van der Waals surface area contributed by atoms with Crippen LogP contribution in [0.3, 0.4) is 0 Å². The van der Waals surface area contributed by atoms with Gasteiger partial charge in [-0.1, -0.05) is 6.07 Å². The van der Waals surface area contributed by atoms with Crippen LogP contribution >= 0.6 is 0 Å². The number of amides is 1. The molecule has 1 aromatic carbocycles. The maximum atomic E-state index is 13.3. The van der Waals surface area contributed by atoms with Crippen LogP contribution in [0, 0.1) is 6.92 Å². The van der Waals surface area contributed by atoms with Crippen molar-refractivity contribution < 1.29 is 19.4 Å². The van der Waals surface area contributed by atoms with Crippen LogP contribution in [-0.2, 0) is 16.0 Å². The molecule has 8 nitrogen and oxygen atoms in total. The number of H-pyrrole nitrogens is 1. The van der Waals surface area contributed by atoms with Crippen LogP contribution in [0.4, 0.5) is 0 Å². The molecule has 1 unspecified atom stereocenters. The lowest BCUT2D eigenvalue weighted by molar-refractivity contribution is 0.0496. The van der Waals surface area contributed by atoms with Crippen molar-refractivity contribution in [2.75, 3.05) is 19.9 Å². The van der Waals surface area contributed by atoms with Gasteiger partial charge >= 0.3 is 0 Å². The van der Waals surface area contributed by atoms with E-state index in [0.29, 0.717) is 12.0 Å². The number of hydrogen-bond donors (Lipinski definition) is 3. The van der Waals surface area contributed by atoms with Crippen LogP contribution in [0.25, 0.3) is 22.0 Å². The molecule has 2 fully saturated rings. The average Bonchev–Trinajstić information content (AvgIpc) is 3.48. The number of carbonyl (C=O) groups is 1. The molecule has 2 saturated heterocycles. The molecule has 3 aliphatic rings. The van der Waals surface area contributed by atoms with Crippen molar-refractivity contribution in [1.29, 1.82) is 0 Å². The molecule has 2 aromatic heterocycles. The summed E-state index contributed by atoms with van der Waals surface area (Å²) in [6.07, 6.45) is 9.43. The second-order valence-corrected chi connectivity index (χ2v) is 9.81. The van der Waals surface area contributed by atoms with Crippen LogP contribution in [0.5, 0.6) is 0 Å². The van der Waals surface area contributed by atoms with E-state index in [4.69, 9.17) is 9.47 Å². The Morgan fingerprint density at radius 2 is 2.06 bits per heavy atom. The highest BCUT2D eigenvalue weighted by molar-refractivity contribution is 6.09. The van der Waals surface area contributed by atoms with Gasteiger partial charge in [0.2, 0.25) is 0 Å². The van der Waals surface area contributed by atoms with Gasteiger partial charge < -0.3 is 24.9 Å². The summed E-state index contributed by atoms with van der Waals surface area (Å²) in [5.74, 6) is 0.673. The van der Waals surface area contributed by atoms with Gasteiger partial charge in [-0.05, 0) is 61.2 Å². The lowest BCUT2D eigenvalue weighted by atomic mass is 10.0. The second kappa shape index (κ2) is 9.54. The third-order valence-corrected chi connectivity index (χ3v) is 7.24. The van der Waals surface area contributed by atoms with Crippen molar-refractivity contribution in [3.63, 3.8) is 0 Å². The summed E-state index contributed by atoms with van der Waals surface area (Å²) >= 11 is 0. The number of likely N-dealkylation sites (tertiary alicyclic amines) is 1. The van der Waals surface area contributed by atoms with E-state index in [-0.39, 0.29) is 24.9 Å². The number of pyridine rings is 1. The van der Waals surface area contributed by atoms with E-state index in [1.807, 2.05) is 37.5 Å². The second-order valence-electron chi connectivity index (χ2n) is 9.81. The monoisotopic (exact) mass is 486 g/mol. The fourth-order valence-corrected chi connectivity index (χ4v) is 5.29. The average molecular weight is 487 g/mol. The number of carbonyl (C=O) groups excluding carboxylic acids is 1. The first-order chi connectivity index (χ1) is 17.5. The largest absolute Gasteiger partial charge is 0.469 e. The molecule has 1 aliphatic carbocycles. The molecule has 1 atom stereocenters. The van der Waals surface area contributed by atoms with Gasteiger partial charge in [-0.25, -0.2) is 0 Å². The van der Waals surface area contributed by atoms with Gasteiger partial charge in [0.25, 0.3) is 5.91 Å². The number of fused-ring (bicyclic) bond motifs is 2. The van der Waals surface area contributed by atoms with E-state index in [0.717, 1.165) is 77.2 Å². The normalized spacial score (nSPS) is 20.6. The SMILES string of the molecule is Cc1[nH]c2ccc(-c3cncc(CN4CCC(O)CC4)c3)cc2c1C(=O)NC1=CC=C2OCOC2C1. The third kappa shape index (κ3) is 4.55. The molecule has 2 aliphatic heterocycles. The lowest BCUT2D eigenvalue weighted by Crippen LogP contribution is -2.35. The van der Waals surface area contributed by atoms with Gasteiger partial charge in [-0.3, -0.25) is 14.7 Å². The Kier molecular flexibility index (Phi) is 6.08. The summed E-state index contributed by atoms with van der Waals surface area (Å²) in [7, 11) is 0. The molecule has 1 amide bonds. The van der Waals surface area contributed by atoms with Crippen LogP contribution in [0.1, 0.15) is 40.9 Å². The number of allylic oxidation sites excluding steroid dienone is 2. The zero-order valence-electron chi connectivity index (χ0n) is 20.3. The van der Waals surface area contributed by atoms with Gasteiger partial charge in [-0.15, -0.1) is 0 Å². The number of benzene rings is 1. The van der Waals surface area contributed by atoms with Crippen LogP contribution < -0.4 is 5.32 Å². The highest BCUT2D eigenvalue weighted by Crippen LogP contribution is 2.30. The molecular formula is C28H30N4O4. The fourth-order valence-electron chi connectivity index (χ4n) is 5.29. The van der Waals surface area contributed by atoms with E-state index >= 15 is 0 Å². The van der Waals surface area contributed by atoms with Crippen LogP contribution in [0.15, 0.2) is 60.3 Å². The Bertz CT molecular complexity index is 1370. The minimum atomic E-state index is -0.179. The lowest BCUT2D eigenvalue weighted by Gasteiger charge is -2.29. The highest BCUT2D eigenvalue weighted by atomic mass is 16.7. The van der Waals surface area contributed by atoms with E-state index in [1.54, 1.807) is 0 Å². The standard InChI is InChI=1S/C28H30N4O4/c1-17-27(28(34)31-21-3-5-25-26(12-21)36-16-35-25)23-11-19(2-4-24(23)30-17)20-10-18(13-29-14-20)15-32-8-6-22(33)7-9-32/h2-5,10-11,13-14,22,26,30,33H,6-9,12,15-16H2,1H3,(H,31,34). The number of aliphatic hydroxyl groups is 1. The Labute approximate surface area is 209 Å². The first-order valence-electron chi connectivity index (χ1n) is 12.5. The topological polar surface area (TPSA) is 99.7 Å². The van der Waals surface area contributed by atoms with E-state index in [2.05, 4.69) is 38.4 Å². The molecule has 3 N–H and O–H groups in total. The van der Waals surface area contributed by atoms with Crippen molar-refractivity contribution in [2.24, 2.45) is 0 Å². The molecule has 0 bridgehead atoms. The number of piperidine rings is 1. The number of aryl methyl sites for hydroxylation is 1. The zero-order chi connectivity index (χ0) is 24.6. The molecule has 186 valence electrons. The van der Waals surface area contributed by atoms with Gasteiger partial charge in [0, 0.05) is 66.3 Å². The summed E-state index contributed by atoms with van der Waals surface area (Å²) in [4.78, 5) is 23.5. The number of aliphatic hydroxyl groups excluding tert-OH is 1. The minimum Gasteiger partial charge on any atom is -0.469 e. The summed E-state index contributed by atoms with van der Waals surface area (Å²) < 4.78 is 11.0. The fraction of sp³-hybridized carbons (Fsp3) is 0.357. The number of rotatable bonds is 5. The van der Waals surface area contributed by atoms with Crippen molar-refractivity contribution >= 4 is 16.8 Å². The minimum absolute atomic E-state index is 0.129. The van der Waals surface area contributed by atoms with Gasteiger partial charge in [0.15, 0.2) is 6.79 Å². The number of nitrogens with zero attached hydrogens (tertiary/aromatic N) is 2. The third-order valence-electron chi connectivity index (χ3n) is 7.24. The number of aromatic amines is 1. The van der Waals surface area contributed by atoms with Crippen molar-refractivity contribution in [2.45, 2.75) is 44.9 Å². The van der Waals surface area contributed by atoms with Crippen LogP contribution in [0.2, 0.25) is 0 Å². The van der Waals surface area contributed by atoms with Crippen LogP contribution in [-0.4, -0.2) is 58.0 Å². The molecular weight excluding hydrogens is 456 g/mol. The molecule has 0 spiro atoms. The maximum Gasteiger partial charge on any atom is 0.257 e. The molecule has 0 radical (unpaired) electrons. The first kappa shape index (κ1) is 23.0. The molecule has 8 heteroatoms. The molecule has 4 heterocycles. The summed E-state index contributed by atoms with van der Waals surface area (Å²) in [6.45, 7) is 4.78. The van der Waals surface area contributed by atoms with E-state index < -0.39 is 0 Å². The smallest absolute Gasteiger partial charge is 0.257 e. The number of aromatic nitrogens is 2. The Morgan fingerprint density at radius 1 is 1.19 bits per heavy atom. The molecule has 36 heavy (non-hydrogen) atoms. The maximum absolute atomic E-state index is 13.3. The summed E-state index contributed by atoms with van der Waals surface area (Å²) in [5.41, 5.74) is 6.37. The van der Waals surface area contributed by atoms with Gasteiger partial charge in [-0.2, -0.15) is 0 Å². The van der Waals surface area contributed by atoms with E-state index in [1.165, 1.54) is 0 Å². The van der Waals surface area contributed by atoms with Crippen molar-refractivity contribution in [3.8, 4) is 11.1 Å². The predicted molar refractivity (Wildman–Crippen MR) is 136 cm³/mol. The van der Waals surface area contributed by atoms with Crippen molar-refractivity contribution in [1.82, 2.24) is 20.2 Å². The zero-order valence-corrected chi connectivity index (χ0v) is 20.3. The Morgan fingerprint density at radius 3 is 2.92 bits per heavy atom. The highest BCUT2D eigenvalue weighted by Gasteiger charge is 2.28. The van der Waals surface area contributed by atoms with Crippen molar-refractivity contribution in [3.05, 3.63) is 77.1 Å². The Balaban J connectivity index is 1.24. The quantitative estimate of drug-likeness (QED) is 0.508. The summed E-state index contributed by atoms with van der Waals surface area (Å²) in [5, 5.41) is 13.7. The number of ether oxygens (including phenoxy) is 2. The van der Waals surface area contributed by atoms with E-state index in [9.17, 15) is 9.90 Å². The predicted octanol–water partition coefficient (Wildman–Crippen LogP) is 3.77. The van der Waals surface area contributed by atoms with Gasteiger partial charge in [0.05, 0.1) is 11.7 Å². The molecule has 0 saturated carbocycles. The molecule has 6 rings (SSSR count). The summed E-state index contributed by atoms with van der Waals surface area (Å²) in [6, 6.07) is 8.31. The number of hydrogen-bond acceptors (Lipinski definition) is 6. The van der Waals surface area contributed by atoms with Gasteiger partial charge in [0.1, 0.15) is 11.9 Å². The molecule has 3 aromatic rings.